The van der Waals surface area contributed by atoms with E-state index in [0.29, 0.717) is 38.1 Å². The quantitative estimate of drug-likeness (QED) is 0.276. The molecule has 0 saturated carbocycles. The normalized spacial score (nSPS) is 11.0. The van der Waals surface area contributed by atoms with Crippen molar-refractivity contribution in [1.82, 2.24) is 5.43 Å². The molecule has 0 aromatic heterocycles. The molecule has 0 aliphatic heterocycles. The Bertz CT molecular complexity index is 1060. The van der Waals surface area contributed by atoms with E-state index < -0.39 is 0 Å². The first-order chi connectivity index (χ1) is 14.5. The van der Waals surface area contributed by atoms with E-state index >= 15 is 0 Å². The lowest BCUT2D eigenvalue weighted by Crippen LogP contribution is -2.06. The van der Waals surface area contributed by atoms with Crippen LogP contribution < -0.4 is 14.9 Å². The van der Waals surface area contributed by atoms with Gasteiger partial charge in [0.05, 0.1) is 24.9 Å². The van der Waals surface area contributed by atoms with Crippen molar-refractivity contribution >= 4 is 52.6 Å². The Morgan fingerprint density at radius 2 is 1.70 bits per heavy atom. The van der Waals surface area contributed by atoms with Crippen LogP contribution in [-0.4, -0.2) is 13.3 Å². The molecule has 0 amide bonds. The number of halogens is 4. The molecule has 0 bridgehead atoms. The Labute approximate surface area is 195 Å². The van der Waals surface area contributed by atoms with Gasteiger partial charge in [-0.2, -0.15) is 5.10 Å². The molecule has 3 aromatic rings. The monoisotopic (exact) mass is 482 g/mol. The number of hydrogen-bond acceptors (Lipinski definition) is 4. The van der Waals surface area contributed by atoms with Crippen molar-refractivity contribution < 1.29 is 9.47 Å². The molecule has 0 saturated heterocycles. The zero-order valence-electron chi connectivity index (χ0n) is 16.0. The zero-order valence-corrected chi connectivity index (χ0v) is 19.0. The fraction of sp³-hybridized carbons (Fsp3) is 0.136. The first-order valence-corrected chi connectivity index (χ1v) is 10.4. The molecule has 8 heteroatoms. The second-order valence-corrected chi connectivity index (χ2v) is 7.90. The summed E-state index contributed by atoms with van der Waals surface area (Å²) in [4.78, 5) is 0. The number of ether oxygens (including phenoxy) is 2. The summed E-state index contributed by atoms with van der Waals surface area (Å²) >= 11 is 24.7. The Kier molecular flexibility index (Phi) is 8.11. The molecule has 0 atom stereocenters. The number of hydrazone groups is 1. The molecule has 3 aromatic carbocycles. The second-order valence-electron chi connectivity index (χ2n) is 6.24. The van der Waals surface area contributed by atoms with E-state index in [-0.39, 0.29) is 6.61 Å². The van der Waals surface area contributed by atoms with Gasteiger partial charge in [0.1, 0.15) is 6.61 Å². The van der Waals surface area contributed by atoms with Crippen LogP contribution in [0.25, 0.3) is 0 Å². The van der Waals surface area contributed by atoms with Crippen LogP contribution in [0.4, 0.5) is 0 Å². The molecule has 4 nitrogen and oxygen atoms in total. The molecule has 1 N–H and O–H groups in total. The second kappa shape index (κ2) is 10.8. The number of nitrogens with one attached hydrogen (secondary N) is 1. The van der Waals surface area contributed by atoms with Gasteiger partial charge in [-0.15, -0.1) is 0 Å². The van der Waals surface area contributed by atoms with Crippen molar-refractivity contribution in [3.8, 4) is 11.5 Å². The summed E-state index contributed by atoms with van der Waals surface area (Å²) in [6.45, 7) is 0.725. The molecule has 0 aliphatic carbocycles. The molecule has 156 valence electrons. The summed E-state index contributed by atoms with van der Waals surface area (Å²) < 4.78 is 11.3. The topological polar surface area (TPSA) is 42.8 Å². The van der Waals surface area contributed by atoms with E-state index in [9.17, 15) is 0 Å². The Balaban J connectivity index is 1.68. The lowest BCUT2D eigenvalue weighted by molar-refractivity contribution is 0.285. The van der Waals surface area contributed by atoms with Gasteiger partial charge >= 0.3 is 0 Å². The Morgan fingerprint density at radius 1 is 0.900 bits per heavy atom. The minimum atomic E-state index is 0.221. The van der Waals surface area contributed by atoms with Crippen LogP contribution in [-0.2, 0) is 13.2 Å². The van der Waals surface area contributed by atoms with Gasteiger partial charge in [0, 0.05) is 20.6 Å². The summed E-state index contributed by atoms with van der Waals surface area (Å²) in [6, 6.07) is 16.3. The predicted octanol–water partition coefficient (Wildman–Crippen LogP) is 7.01. The number of rotatable bonds is 8. The predicted molar refractivity (Wildman–Crippen MR) is 125 cm³/mol. The smallest absolute Gasteiger partial charge is 0.180 e. The largest absolute Gasteiger partial charge is 0.493 e. The van der Waals surface area contributed by atoms with Crippen molar-refractivity contribution in [2.24, 2.45) is 5.10 Å². The maximum atomic E-state index is 6.42. The highest BCUT2D eigenvalue weighted by molar-refractivity contribution is 6.35. The Hall–Kier alpha value is -2.11. The lowest BCUT2D eigenvalue weighted by Gasteiger charge is -2.14. The van der Waals surface area contributed by atoms with Gasteiger partial charge < -0.3 is 14.9 Å². The van der Waals surface area contributed by atoms with Gasteiger partial charge in [0.25, 0.3) is 0 Å². The molecule has 0 radical (unpaired) electrons. The molecular formula is C22H18Cl4N2O2. The van der Waals surface area contributed by atoms with E-state index in [4.69, 9.17) is 55.9 Å². The van der Waals surface area contributed by atoms with E-state index in [1.807, 2.05) is 24.3 Å². The minimum Gasteiger partial charge on any atom is -0.493 e. The van der Waals surface area contributed by atoms with Crippen molar-refractivity contribution in [1.29, 1.82) is 0 Å². The molecule has 30 heavy (non-hydrogen) atoms. The maximum absolute atomic E-state index is 6.42. The fourth-order valence-corrected chi connectivity index (χ4v) is 3.58. The number of benzene rings is 3. The molecule has 0 spiro atoms. The van der Waals surface area contributed by atoms with Crippen LogP contribution >= 0.6 is 46.4 Å². The average molecular weight is 484 g/mol. The van der Waals surface area contributed by atoms with Crippen molar-refractivity contribution in [2.45, 2.75) is 13.2 Å². The first-order valence-electron chi connectivity index (χ1n) is 8.91. The molecular weight excluding hydrogens is 466 g/mol. The van der Waals surface area contributed by atoms with Gasteiger partial charge in [0.15, 0.2) is 11.5 Å². The van der Waals surface area contributed by atoms with E-state index in [2.05, 4.69) is 10.5 Å². The maximum Gasteiger partial charge on any atom is 0.180 e. The third kappa shape index (κ3) is 5.96. The van der Waals surface area contributed by atoms with Gasteiger partial charge in [-0.25, -0.2) is 0 Å². The van der Waals surface area contributed by atoms with E-state index in [0.717, 1.165) is 16.7 Å². The van der Waals surface area contributed by atoms with E-state index in [1.54, 1.807) is 43.7 Å². The number of nitrogens with zero attached hydrogens (tertiary/aromatic N) is 1. The minimum absolute atomic E-state index is 0.221. The molecule has 0 fully saturated rings. The van der Waals surface area contributed by atoms with Gasteiger partial charge in [-0.3, -0.25) is 0 Å². The summed E-state index contributed by atoms with van der Waals surface area (Å²) in [7, 11) is 1.55. The summed E-state index contributed by atoms with van der Waals surface area (Å²) in [5.41, 5.74) is 5.46. The molecule has 0 heterocycles. The van der Waals surface area contributed by atoms with Gasteiger partial charge in [0.2, 0.25) is 0 Å². The van der Waals surface area contributed by atoms with Crippen LogP contribution in [0.5, 0.6) is 11.5 Å². The highest BCUT2D eigenvalue weighted by atomic mass is 35.5. The third-order valence-electron chi connectivity index (χ3n) is 4.17. The number of hydrogen-bond donors (Lipinski definition) is 1. The van der Waals surface area contributed by atoms with Gasteiger partial charge in [-0.1, -0.05) is 70.7 Å². The highest BCUT2D eigenvalue weighted by Crippen LogP contribution is 2.37. The molecule has 0 unspecified atom stereocenters. The fourth-order valence-electron chi connectivity index (χ4n) is 2.64. The van der Waals surface area contributed by atoms with Crippen LogP contribution in [0.3, 0.4) is 0 Å². The standard InChI is InChI=1S/C22H18Cl4N2O2/c1-29-21-9-14(11-27-28-12-15-4-2-3-5-18(15)24)8-20(26)22(21)30-13-16-6-7-17(23)10-19(16)25/h2-11,28H,12-13H2,1H3/b27-11-. The van der Waals surface area contributed by atoms with Crippen LogP contribution in [0.2, 0.25) is 20.1 Å². The van der Waals surface area contributed by atoms with Crippen LogP contribution in [0, 0.1) is 0 Å². The van der Waals surface area contributed by atoms with Gasteiger partial charge in [-0.05, 0) is 41.5 Å². The van der Waals surface area contributed by atoms with Crippen LogP contribution in [0.1, 0.15) is 16.7 Å². The summed E-state index contributed by atoms with van der Waals surface area (Å²) in [6.07, 6.45) is 1.64. The van der Waals surface area contributed by atoms with Crippen molar-refractivity contribution in [3.63, 3.8) is 0 Å². The molecule has 3 rings (SSSR count). The molecule has 0 aliphatic rings. The van der Waals surface area contributed by atoms with E-state index in [1.165, 1.54) is 0 Å². The van der Waals surface area contributed by atoms with Crippen LogP contribution in [0.15, 0.2) is 59.7 Å². The highest BCUT2D eigenvalue weighted by Gasteiger charge is 2.13. The van der Waals surface area contributed by atoms with Crippen molar-refractivity contribution in [2.75, 3.05) is 7.11 Å². The number of methoxy groups -OCH3 is 1. The zero-order chi connectivity index (χ0) is 21.5. The lowest BCUT2D eigenvalue weighted by atomic mass is 10.2. The first kappa shape index (κ1) is 22.6. The Morgan fingerprint density at radius 3 is 2.43 bits per heavy atom. The SMILES string of the molecule is COc1cc(/C=N\NCc2ccccc2Cl)cc(Cl)c1OCc1ccc(Cl)cc1Cl. The summed E-state index contributed by atoms with van der Waals surface area (Å²) in [5.74, 6) is 0.909. The van der Waals surface area contributed by atoms with Crippen molar-refractivity contribution in [3.05, 3.63) is 91.4 Å². The third-order valence-corrected chi connectivity index (χ3v) is 5.41. The summed E-state index contributed by atoms with van der Waals surface area (Å²) in [5, 5.41) is 6.38. The average Bonchev–Trinajstić information content (AvgIpc) is 2.72.